The summed E-state index contributed by atoms with van der Waals surface area (Å²) in [5.41, 5.74) is 2.32. The second-order valence-electron chi connectivity index (χ2n) is 12.7. The number of fused-ring (bicyclic) bond motifs is 2. The number of aromatic nitrogens is 1. The summed E-state index contributed by atoms with van der Waals surface area (Å²) >= 11 is 1.15. The molecule has 3 saturated heterocycles. The fourth-order valence-corrected chi connectivity index (χ4v) is 9.73. The van der Waals surface area contributed by atoms with Gasteiger partial charge >= 0.3 is 5.97 Å². The van der Waals surface area contributed by atoms with Crippen molar-refractivity contribution in [2.45, 2.75) is 75.0 Å². The van der Waals surface area contributed by atoms with E-state index in [0.717, 1.165) is 91.2 Å². The first-order valence-corrected chi connectivity index (χ1v) is 18.1. The number of aryl methyl sites for hydroxylation is 1. The smallest absolute Gasteiger partial charge is 0.348 e. The van der Waals surface area contributed by atoms with Crippen LogP contribution in [0.15, 0.2) is 53.6 Å². The summed E-state index contributed by atoms with van der Waals surface area (Å²) in [4.78, 5) is 35.7. The van der Waals surface area contributed by atoms with Crippen molar-refractivity contribution in [2.75, 3.05) is 36.0 Å². The maximum Gasteiger partial charge on any atom is 0.348 e. The molecule has 1 aromatic carbocycles. The van der Waals surface area contributed by atoms with E-state index >= 15 is 0 Å². The fraction of sp³-hybridized carbons (Fsp3) is 0.485. The molecule has 7 rings (SSSR count). The van der Waals surface area contributed by atoms with Crippen molar-refractivity contribution < 1.29 is 27.9 Å². The second kappa shape index (κ2) is 12.1. The Morgan fingerprint density at radius 3 is 2.33 bits per heavy atom. The number of aromatic carboxylic acids is 1. The summed E-state index contributed by atoms with van der Waals surface area (Å²) in [7, 11) is -4.03. The molecule has 238 valence electrons. The minimum atomic E-state index is -4.03. The maximum absolute atomic E-state index is 14.0. The van der Waals surface area contributed by atoms with Crippen molar-refractivity contribution in [3.8, 4) is 10.4 Å². The first-order valence-electron chi connectivity index (χ1n) is 15.8. The highest BCUT2D eigenvalue weighted by Gasteiger charge is 2.44. The van der Waals surface area contributed by atoms with Crippen LogP contribution in [0, 0.1) is 12.8 Å². The van der Waals surface area contributed by atoms with Crippen molar-refractivity contribution in [3.05, 3.63) is 59.1 Å². The molecule has 45 heavy (non-hydrogen) atoms. The van der Waals surface area contributed by atoms with Gasteiger partial charge in [-0.05, 0) is 62.3 Å². The monoisotopic (exact) mass is 650 g/mol. The number of hydrogen-bond donors (Lipinski definition) is 1. The number of benzene rings is 1. The van der Waals surface area contributed by atoms with Crippen LogP contribution < -0.4 is 9.80 Å². The van der Waals surface area contributed by atoms with Crippen LogP contribution in [-0.4, -0.2) is 79.1 Å². The number of thiophene rings is 1. The number of nitrogens with zero attached hydrogens (tertiary/aromatic N) is 4. The van der Waals surface area contributed by atoms with Crippen molar-refractivity contribution in [1.29, 1.82) is 0 Å². The van der Waals surface area contributed by atoms with Crippen LogP contribution in [0.1, 0.15) is 60.2 Å². The third-order valence-electron chi connectivity index (χ3n) is 9.73. The van der Waals surface area contributed by atoms with Gasteiger partial charge in [-0.25, -0.2) is 18.2 Å². The molecule has 1 N–H and O–H groups in total. The lowest BCUT2D eigenvalue weighted by molar-refractivity contribution is -0.121. The zero-order valence-corrected chi connectivity index (χ0v) is 26.9. The van der Waals surface area contributed by atoms with Crippen molar-refractivity contribution in [2.24, 2.45) is 5.92 Å². The Morgan fingerprint density at radius 1 is 0.978 bits per heavy atom. The SMILES string of the molecule is Cc1ccc(-c2cc(N3C(=O)CN(S(=O)(=O)c4ccc(N5CC6CC[C@H](C5)O6)nc4)CC3C3CCCCC3)c(C(=O)O)s2)cc1. The number of pyridine rings is 1. The molecular weight excluding hydrogens is 613 g/mol. The number of carboxylic acid groups (broad SMARTS) is 1. The van der Waals surface area contributed by atoms with Gasteiger partial charge in [-0.3, -0.25) is 4.79 Å². The molecular formula is C33H38N4O6S2. The van der Waals surface area contributed by atoms with Gasteiger partial charge in [-0.15, -0.1) is 11.3 Å². The third kappa shape index (κ3) is 5.89. The van der Waals surface area contributed by atoms with E-state index in [0.29, 0.717) is 5.69 Å². The van der Waals surface area contributed by atoms with Crippen LogP contribution in [-0.2, 0) is 19.6 Å². The van der Waals surface area contributed by atoms with Crippen LogP contribution in [0.2, 0.25) is 0 Å². The summed E-state index contributed by atoms with van der Waals surface area (Å²) < 4.78 is 35.2. The van der Waals surface area contributed by atoms with Gasteiger partial charge in [-0.1, -0.05) is 49.1 Å². The number of ether oxygens (including phenoxy) is 1. The minimum absolute atomic E-state index is 0.0505. The largest absolute Gasteiger partial charge is 0.477 e. The molecule has 12 heteroatoms. The highest BCUT2D eigenvalue weighted by Crippen LogP contribution is 2.42. The Balaban J connectivity index is 1.19. The van der Waals surface area contributed by atoms with E-state index in [1.807, 2.05) is 31.2 Å². The molecule has 4 fully saturated rings. The number of piperazine rings is 1. The molecule has 5 heterocycles. The Bertz CT molecular complexity index is 1670. The Labute approximate surface area is 267 Å². The molecule has 0 spiro atoms. The Kier molecular flexibility index (Phi) is 8.18. The predicted molar refractivity (Wildman–Crippen MR) is 172 cm³/mol. The zero-order valence-electron chi connectivity index (χ0n) is 25.3. The van der Waals surface area contributed by atoms with Gasteiger partial charge in [0.2, 0.25) is 15.9 Å². The van der Waals surface area contributed by atoms with E-state index in [4.69, 9.17) is 4.74 Å². The number of amides is 1. The number of sulfonamides is 1. The fourth-order valence-electron chi connectivity index (χ4n) is 7.38. The number of rotatable bonds is 7. The molecule has 3 atom stereocenters. The maximum atomic E-state index is 14.0. The summed E-state index contributed by atoms with van der Waals surface area (Å²) in [6.07, 6.45) is 8.63. The van der Waals surface area contributed by atoms with Crippen LogP contribution in [0.4, 0.5) is 11.5 Å². The summed E-state index contributed by atoms with van der Waals surface area (Å²) in [6, 6.07) is 12.5. The van der Waals surface area contributed by atoms with Crippen molar-refractivity contribution >= 4 is 44.7 Å². The Morgan fingerprint density at radius 2 is 1.69 bits per heavy atom. The molecule has 2 bridgehead atoms. The Hall–Kier alpha value is -3.32. The summed E-state index contributed by atoms with van der Waals surface area (Å²) in [5.74, 6) is -0.733. The molecule has 2 aromatic heterocycles. The van der Waals surface area contributed by atoms with Gasteiger partial charge < -0.3 is 19.6 Å². The second-order valence-corrected chi connectivity index (χ2v) is 15.7. The minimum Gasteiger partial charge on any atom is -0.477 e. The molecule has 3 aliphatic heterocycles. The normalized spacial score (nSPS) is 24.7. The summed E-state index contributed by atoms with van der Waals surface area (Å²) in [6.45, 7) is 3.20. The molecule has 10 nitrogen and oxygen atoms in total. The van der Waals surface area contributed by atoms with Crippen LogP contribution in [0.3, 0.4) is 0 Å². The third-order valence-corrected chi connectivity index (χ3v) is 12.7. The first kappa shape index (κ1) is 30.3. The highest BCUT2D eigenvalue weighted by molar-refractivity contribution is 7.89. The molecule has 1 saturated carbocycles. The average molecular weight is 651 g/mol. The number of carboxylic acids is 1. The van der Waals surface area contributed by atoms with E-state index < -0.39 is 27.9 Å². The first-order chi connectivity index (χ1) is 21.7. The molecule has 3 aromatic rings. The van der Waals surface area contributed by atoms with Crippen LogP contribution >= 0.6 is 11.3 Å². The van der Waals surface area contributed by atoms with Crippen molar-refractivity contribution in [3.63, 3.8) is 0 Å². The lowest BCUT2D eigenvalue weighted by Crippen LogP contribution is -2.60. The molecule has 0 radical (unpaired) electrons. The van der Waals surface area contributed by atoms with Gasteiger partial charge in [-0.2, -0.15) is 4.31 Å². The van der Waals surface area contributed by atoms with Gasteiger partial charge in [0.25, 0.3) is 0 Å². The van der Waals surface area contributed by atoms with E-state index in [1.165, 1.54) is 10.5 Å². The molecule has 1 amide bonds. The predicted octanol–water partition coefficient (Wildman–Crippen LogP) is 5.17. The van der Waals surface area contributed by atoms with Crippen LogP contribution in [0.5, 0.6) is 0 Å². The highest BCUT2D eigenvalue weighted by atomic mass is 32.2. The number of hydrogen-bond acceptors (Lipinski definition) is 8. The topological polar surface area (TPSA) is 120 Å². The molecule has 1 aliphatic carbocycles. The standard InChI is InChI=1S/C33H38N4O6S2/c1-21-7-9-23(10-8-21)29-15-27(32(44-29)33(39)40)37-28(22-5-3-2-4-6-22)19-36(20-31(37)38)45(41,42)26-13-14-30(34-16-26)35-17-24-11-12-25(18-35)43-24/h7-10,13-16,22,24-25,28H,2-6,11-12,17-20H2,1H3,(H,39,40)/t24-,25?,28?/m1/s1. The number of anilines is 2. The van der Waals surface area contributed by atoms with E-state index in [9.17, 15) is 23.1 Å². The van der Waals surface area contributed by atoms with Gasteiger partial charge in [0.15, 0.2) is 0 Å². The van der Waals surface area contributed by atoms with E-state index in [-0.39, 0.29) is 41.0 Å². The van der Waals surface area contributed by atoms with E-state index in [2.05, 4.69) is 9.88 Å². The number of carbonyl (C=O) groups excluding carboxylic acids is 1. The van der Waals surface area contributed by atoms with Crippen LogP contribution in [0.25, 0.3) is 10.4 Å². The van der Waals surface area contributed by atoms with E-state index in [1.54, 1.807) is 23.1 Å². The lowest BCUT2D eigenvalue weighted by Gasteiger charge is -2.44. The average Bonchev–Trinajstić information content (AvgIpc) is 3.64. The van der Waals surface area contributed by atoms with Gasteiger partial charge in [0.05, 0.1) is 30.5 Å². The van der Waals surface area contributed by atoms with Crippen molar-refractivity contribution in [1.82, 2.24) is 9.29 Å². The molecule has 4 aliphatic rings. The molecule has 2 unspecified atom stereocenters. The number of morpholine rings is 1. The number of carbonyl (C=O) groups is 2. The zero-order chi connectivity index (χ0) is 31.3. The van der Waals surface area contributed by atoms with Gasteiger partial charge in [0, 0.05) is 30.7 Å². The van der Waals surface area contributed by atoms with Gasteiger partial charge in [0.1, 0.15) is 15.6 Å². The lowest BCUT2D eigenvalue weighted by atomic mass is 9.82. The quantitative estimate of drug-likeness (QED) is 0.372. The summed E-state index contributed by atoms with van der Waals surface area (Å²) in [5, 5.41) is 10.2.